The van der Waals surface area contributed by atoms with E-state index < -0.39 is 17.5 Å². The van der Waals surface area contributed by atoms with Crippen LogP contribution in [0.15, 0.2) is 18.2 Å². The first-order valence-corrected chi connectivity index (χ1v) is 8.11. The van der Waals surface area contributed by atoms with Crippen LogP contribution in [0.4, 0.5) is 14.5 Å². The van der Waals surface area contributed by atoms with Crippen molar-refractivity contribution in [2.45, 2.75) is 25.3 Å². The molecule has 4 unspecified atom stereocenters. The molecule has 2 amide bonds. The summed E-state index contributed by atoms with van der Waals surface area (Å²) in [4.78, 5) is 26.0. The number of carbonyl (C=O) groups excluding carboxylic acids is 2. The van der Waals surface area contributed by atoms with E-state index in [4.69, 9.17) is 5.73 Å². The number of anilines is 1. The van der Waals surface area contributed by atoms with Gasteiger partial charge in [-0.15, -0.1) is 0 Å². The van der Waals surface area contributed by atoms with Gasteiger partial charge < -0.3 is 16.0 Å². The molecule has 130 valence electrons. The maximum atomic E-state index is 13.1. The number of amides is 2. The lowest BCUT2D eigenvalue weighted by Crippen LogP contribution is -2.47. The van der Waals surface area contributed by atoms with Crippen molar-refractivity contribution in [3.05, 3.63) is 29.8 Å². The van der Waals surface area contributed by atoms with Gasteiger partial charge in [-0.1, -0.05) is 0 Å². The first-order valence-electron chi connectivity index (χ1n) is 8.11. The van der Waals surface area contributed by atoms with Crippen LogP contribution in [-0.2, 0) is 9.59 Å². The number of rotatable bonds is 4. The maximum Gasteiger partial charge on any atom is 0.243 e. The Kier molecular flexibility index (Phi) is 4.54. The summed E-state index contributed by atoms with van der Waals surface area (Å²) in [5, 5.41) is 2.40. The molecular formula is C17H21F2N3O2. The van der Waals surface area contributed by atoms with E-state index in [1.54, 1.807) is 7.05 Å². The Morgan fingerprint density at radius 2 is 1.83 bits per heavy atom. The van der Waals surface area contributed by atoms with Crippen molar-refractivity contribution in [3.63, 3.8) is 0 Å². The highest BCUT2D eigenvalue weighted by Crippen LogP contribution is 2.48. The third-order valence-electron chi connectivity index (χ3n) is 5.17. The number of nitrogens with two attached hydrogens (primary N) is 1. The fourth-order valence-corrected chi connectivity index (χ4v) is 4.08. The molecule has 5 nitrogen and oxygen atoms in total. The zero-order valence-corrected chi connectivity index (χ0v) is 13.5. The van der Waals surface area contributed by atoms with Gasteiger partial charge in [0.15, 0.2) is 0 Å². The average Bonchev–Trinajstić information content (AvgIpc) is 3.06. The lowest BCUT2D eigenvalue weighted by Gasteiger charge is -2.30. The van der Waals surface area contributed by atoms with Gasteiger partial charge in [0, 0.05) is 24.8 Å². The predicted octanol–water partition coefficient (Wildman–Crippen LogP) is 1.74. The number of nitrogens with one attached hydrogen (secondary N) is 1. The molecule has 1 aromatic carbocycles. The van der Waals surface area contributed by atoms with E-state index in [0.717, 1.165) is 37.5 Å². The standard InChI is InChI=1S/C17H21F2N3O2/c1-22(17(24)15-9-2-3-10(4-9)16(15)20)8-14(23)21-13-6-11(18)5-12(19)7-13/h5-7,9-10,15-16H,2-4,8,20H2,1H3,(H,21,23). The van der Waals surface area contributed by atoms with Gasteiger partial charge in [-0.3, -0.25) is 9.59 Å². The third kappa shape index (κ3) is 3.26. The fraction of sp³-hybridized carbons (Fsp3) is 0.529. The van der Waals surface area contributed by atoms with E-state index in [1.807, 2.05) is 0 Å². The Balaban J connectivity index is 1.59. The predicted molar refractivity (Wildman–Crippen MR) is 84.9 cm³/mol. The smallest absolute Gasteiger partial charge is 0.243 e. The second-order valence-electron chi connectivity index (χ2n) is 6.84. The quantitative estimate of drug-likeness (QED) is 0.879. The summed E-state index contributed by atoms with van der Waals surface area (Å²) < 4.78 is 26.3. The number of fused-ring (bicyclic) bond motifs is 2. The minimum absolute atomic E-state index is 0.0231. The lowest BCUT2D eigenvalue weighted by atomic mass is 9.84. The number of carbonyl (C=O) groups is 2. The van der Waals surface area contributed by atoms with E-state index in [1.165, 1.54) is 4.90 Å². The Hall–Kier alpha value is -2.02. The SMILES string of the molecule is CN(CC(=O)Nc1cc(F)cc(F)c1)C(=O)C1C2CCC(C2)C1N. The molecule has 4 atom stereocenters. The molecule has 2 fully saturated rings. The molecule has 0 heterocycles. The van der Waals surface area contributed by atoms with Crippen LogP contribution in [0.25, 0.3) is 0 Å². The Bertz CT molecular complexity index is 645. The van der Waals surface area contributed by atoms with Crippen LogP contribution in [0.1, 0.15) is 19.3 Å². The van der Waals surface area contributed by atoms with Crippen LogP contribution in [-0.4, -0.2) is 36.3 Å². The summed E-state index contributed by atoms with van der Waals surface area (Å²) in [7, 11) is 1.55. The highest BCUT2D eigenvalue weighted by atomic mass is 19.1. The molecule has 2 aliphatic rings. The number of hydrogen-bond acceptors (Lipinski definition) is 3. The Labute approximate surface area is 139 Å². The number of benzene rings is 1. The first-order chi connectivity index (χ1) is 11.3. The van der Waals surface area contributed by atoms with E-state index in [-0.39, 0.29) is 30.1 Å². The van der Waals surface area contributed by atoms with Crippen LogP contribution in [0.5, 0.6) is 0 Å². The summed E-state index contributed by atoms with van der Waals surface area (Å²) in [5.74, 6) is -1.71. The van der Waals surface area contributed by atoms with Crippen molar-refractivity contribution in [2.75, 3.05) is 18.9 Å². The van der Waals surface area contributed by atoms with E-state index in [0.29, 0.717) is 11.8 Å². The molecule has 0 spiro atoms. The summed E-state index contributed by atoms with van der Waals surface area (Å²) in [5.41, 5.74) is 6.18. The van der Waals surface area contributed by atoms with Crippen molar-refractivity contribution in [1.82, 2.24) is 4.90 Å². The molecule has 7 heteroatoms. The summed E-state index contributed by atoms with van der Waals surface area (Å²) in [6.07, 6.45) is 3.07. The van der Waals surface area contributed by atoms with Gasteiger partial charge in [0.2, 0.25) is 11.8 Å². The van der Waals surface area contributed by atoms with Gasteiger partial charge in [-0.2, -0.15) is 0 Å². The largest absolute Gasteiger partial charge is 0.336 e. The monoisotopic (exact) mass is 337 g/mol. The molecule has 3 N–H and O–H groups in total. The molecule has 3 rings (SSSR count). The molecule has 0 aliphatic heterocycles. The highest BCUT2D eigenvalue weighted by molar-refractivity contribution is 5.95. The number of halogens is 2. The number of hydrogen-bond donors (Lipinski definition) is 2. The zero-order valence-electron chi connectivity index (χ0n) is 13.5. The van der Waals surface area contributed by atoms with E-state index in [9.17, 15) is 18.4 Å². The van der Waals surface area contributed by atoms with Crippen LogP contribution in [0, 0.1) is 29.4 Å². The number of likely N-dealkylation sites (N-methyl/N-ethyl adjacent to an activating group) is 1. The molecule has 1 aromatic rings. The van der Waals surface area contributed by atoms with Crippen molar-refractivity contribution in [3.8, 4) is 0 Å². The molecule has 24 heavy (non-hydrogen) atoms. The van der Waals surface area contributed by atoms with Gasteiger partial charge in [0.05, 0.1) is 12.5 Å². The lowest BCUT2D eigenvalue weighted by molar-refractivity contribution is -0.138. The average molecular weight is 337 g/mol. The van der Waals surface area contributed by atoms with Crippen LogP contribution in [0.2, 0.25) is 0 Å². The number of nitrogens with zero attached hydrogens (tertiary/aromatic N) is 1. The normalized spacial score (nSPS) is 28.0. The Morgan fingerprint density at radius 3 is 2.42 bits per heavy atom. The zero-order chi connectivity index (χ0) is 17.4. The van der Waals surface area contributed by atoms with Crippen LogP contribution in [0.3, 0.4) is 0 Å². The summed E-state index contributed by atoms with van der Waals surface area (Å²) in [6, 6.07) is 2.63. The van der Waals surface area contributed by atoms with Gasteiger partial charge >= 0.3 is 0 Å². The highest BCUT2D eigenvalue weighted by Gasteiger charge is 2.49. The fourth-order valence-electron chi connectivity index (χ4n) is 4.08. The van der Waals surface area contributed by atoms with Crippen LogP contribution >= 0.6 is 0 Å². The molecular weight excluding hydrogens is 316 g/mol. The molecule has 2 saturated carbocycles. The van der Waals surface area contributed by atoms with Crippen molar-refractivity contribution in [2.24, 2.45) is 23.5 Å². The van der Waals surface area contributed by atoms with Gasteiger partial charge in [-0.05, 0) is 43.2 Å². The molecule has 0 aromatic heterocycles. The Morgan fingerprint density at radius 1 is 1.21 bits per heavy atom. The molecule has 2 aliphatic carbocycles. The molecule has 2 bridgehead atoms. The third-order valence-corrected chi connectivity index (χ3v) is 5.17. The summed E-state index contributed by atoms with van der Waals surface area (Å²) >= 11 is 0. The first kappa shape index (κ1) is 16.8. The second kappa shape index (κ2) is 6.47. The van der Waals surface area contributed by atoms with Gasteiger partial charge in [0.25, 0.3) is 0 Å². The topological polar surface area (TPSA) is 75.4 Å². The van der Waals surface area contributed by atoms with Crippen molar-refractivity contribution in [1.29, 1.82) is 0 Å². The minimum Gasteiger partial charge on any atom is -0.336 e. The molecule has 0 saturated heterocycles. The maximum absolute atomic E-state index is 13.1. The van der Waals surface area contributed by atoms with Gasteiger partial charge in [0.1, 0.15) is 11.6 Å². The van der Waals surface area contributed by atoms with Crippen LogP contribution < -0.4 is 11.1 Å². The summed E-state index contributed by atoms with van der Waals surface area (Å²) in [6.45, 7) is -0.183. The molecule has 0 radical (unpaired) electrons. The van der Waals surface area contributed by atoms with Crippen molar-refractivity contribution >= 4 is 17.5 Å². The van der Waals surface area contributed by atoms with E-state index in [2.05, 4.69) is 5.32 Å². The second-order valence-corrected chi connectivity index (χ2v) is 6.84. The minimum atomic E-state index is -0.775. The van der Waals surface area contributed by atoms with E-state index >= 15 is 0 Å². The van der Waals surface area contributed by atoms with Crippen molar-refractivity contribution < 1.29 is 18.4 Å². The van der Waals surface area contributed by atoms with Gasteiger partial charge in [-0.25, -0.2) is 8.78 Å².